The molecule has 0 aliphatic rings. The summed E-state index contributed by atoms with van der Waals surface area (Å²) in [4.78, 5) is 2.21. The van der Waals surface area contributed by atoms with Crippen LogP contribution in [-0.4, -0.2) is 41.4 Å². The second-order valence-electron chi connectivity index (χ2n) is 4.91. The van der Waals surface area contributed by atoms with Gasteiger partial charge in [-0.2, -0.15) is 5.10 Å². The average Bonchev–Trinajstić information content (AvgIpc) is 2.94. The van der Waals surface area contributed by atoms with E-state index in [1.54, 1.807) is 7.11 Å². The fourth-order valence-electron chi connectivity index (χ4n) is 2.06. The van der Waals surface area contributed by atoms with Crippen LogP contribution in [0, 0.1) is 0 Å². The summed E-state index contributed by atoms with van der Waals surface area (Å²) in [7, 11) is 3.74. The number of ether oxygens (including phenoxy) is 1. The van der Waals surface area contributed by atoms with Crippen molar-refractivity contribution in [3.8, 4) is 11.4 Å². The molecule has 0 spiro atoms. The maximum absolute atomic E-state index is 5.71. The van der Waals surface area contributed by atoms with Crippen molar-refractivity contribution >= 4 is 0 Å². The first-order valence-electron chi connectivity index (χ1n) is 6.74. The van der Waals surface area contributed by atoms with E-state index < -0.39 is 0 Å². The van der Waals surface area contributed by atoms with Gasteiger partial charge in [-0.3, -0.25) is 4.90 Å². The maximum atomic E-state index is 5.71. The molecule has 0 amide bonds. The van der Waals surface area contributed by atoms with Crippen molar-refractivity contribution in [2.24, 2.45) is 5.73 Å². The minimum Gasteiger partial charge on any atom is -0.494 e. The number of methoxy groups -OCH3 is 1. The Bertz CT molecular complexity index is 552. The molecule has 1 unspecified atom stereocenters. The van der Waals surface area contributed by atoms with Crippen LogP contribution in [0.25, 0.3) is 5.69 Å². The van der Waals surface area contributed by atoms with Crippen LogP contribution >= 0.6 is 0 Å². The molecule has 20 heavy (non-hydrogen) atoms. The Hall–Kier alpha value is -1.85. The van der Waals surface area contributed by atoms with Crippen LogP contribution in [-0.2, 0) is 6.54 Å². The number of nitrogens with two attached hydrogens (primary N) is 1. The van der Waals surface area contributed by atoms with Gasteiger partial charge in [0, 0.05) is 25.3 Å². The topological polar surface area (TPSA) is 56.3 Å². The zero-order valence-electron chi connectivity index (χ0n) is 12.3. The van der Waals surface area contributed by atoms with Gasteiger partial charge in [-0.15, -0.1) is 0 Å². The van der Waals surface area contributed by atoms with Gasteiger partial charge in [0.2, 0.25) is 0 Å². The van der Waals surface area contributed by atoms with Gasteiger partial charge in [-0.05, 0) is 32.2 Å². The second-order valence-corrected chi connectivity index (χ2v) is 4.91. The number of benzene rings is 1. The summed E-state index contributed by atoms with van der Waals surface area (Å²) in [6.07, 6.45) is 1.81. The SMILES string of the molecule is COc1ccccc1-n1nccc1CN(C)C(C)CN. The van der Waals surface area contributed by atoms with E-state index in [0.29, 0.717) is 12.6 Å². The molecule has 2 aromatic rings. The standard InChI is InChI=1S/C15H22N4O/c1-12(10-16)18(2)11-13-8-9-17-19(13)14-6-4-5-7-15(14)20-3/h4-9,12H,10-11,16H2,1-3H3. The fourth-order valence-corrected chi connectivity index (χ4v) is 2.06. The highest BCUT2D eigenvalue weighted by atomic mass is 16.5. The van der Waals surface area contributed by atoms with E-state index in [1.807, 2.05) is 41.2 Å². The van der Waals surface area contributed by atoms with Crippen LogP contribution in [0.4, 0.5) is 0 Å². The molecule has 0 saturated heterocycles. The van der Waals surface area contributed by atoms with E-state index in [0.717, 1.165) is 23.7 Å². The Morgan fingerprint density at radius 1 is 1.35 bits per heavy atom. The smallest absolute Gasteiger partial charge is 0.144 e. The van der Waals surface area contributed by atoms with Crippen LogP contribution in [0.3, 0.4) is 0 Å². The number of nitrogens with zero attached hydrogens (tertiary/aromatic N) is 3. The third kappa shape index (κ3) is 3.00. The largest absolute Gasteiger partial charge is 0.494 e. The van der Waals surface area contributed by atoms with Crippen molar-refractivity contribution in [3.63, 3.8) is 0 Å². The van der Waals surface area contributed by atoms with Crippen molar-refractivity contribution in [3.05, 3.63) is 42.2 Å². The zero-order chi connectivity index (χ0) is 14.5. The van der Waals surface area contributed by atoms with Gasteiger partial charge in [0.1, 0.15) is 11.4 Å². The molecular weight excluding hydrogens is 252 g/mol. The van der Waals surface area contributed by atoms with Crippen molar-refractivity contribution in [2.75, 3.05) is 20.7 Å². The summed E-state index contributed by atoms with van der Waals surface area (Å²) in [5.74, 6) is 0.812. The molecule has 0 radical (unpaired) electrons. The van der Waals surface area contributed by atoms with Crippen LogP contribution < -0.4 is 10.5 Å². The molecule has 1 heterocycles. The quantitative estimate of drug-likeness (QED) is 0.870. The molecule has 1 atom stereocenters. The van der Waals surface area contributed by atoms with Crippen LogP contribution in [0.15, 0.2) is 36.5 Å². The van der Waals surface area contributed by atoms with Crippen molar-refractivity contribution in [1.29, 1.82) is 0 Å². The lowest BCUT2D eigenvalue weighted by molar-refractivity contribution is 0.249. The average molecular weight is 274 g/mol. The number of hydrogen-bond acceptors (Lipinski definition) is 4. The summed E-state index contributed by atoms with van der Waals surface area (Å²) in [5.41, 5.74) is 7.77. The summed E-state index contributed by atoms with van der Waals surface area (Å²) >= 11 is 0. The lowest BCUT2D eigenvalue weighted by Crippen LogP contribution is -2.35. The van der Waals surface area contributed by atoms with Crippen molar-refractivity contribution < 1.29 is 4.74 Å². The molecule has 108 valence electrons. The molecule has 2 rings (SSSR count). The van der Waals surface area contributed by atoms with Crippen molar-refractivity contribution in [1.82, 2.24) is 14.7 Å². The molecule has 0 bridgehead atoms. The van der Waals surface area contributed by atoms with Gasteiger partial charge in [-0.25, -0.2) is 4.68 Å². The first kappa shape index (κ1) is 14.6. The highest BCUT2D eigenvalue weighted by Crippen LogP contribution is 2.23. The third-order valence-corrected chi connectivity index (χ3v) is 3.54. The van der Waals surface area contributed by atoms with Gasteiger partial charge in [0.15, 0.2) is 0 Å². The van der Waals surface area contributed by atoms with Gasteiger partial charge < -0.3 is 10.5 Å². The molecular formula is C15H22N4O. The number of rotatable bonds is 6. The molecule has 0 saturated carbocycles. The second kappa shape index (κ2) is 6.54. The highest BCUT2D eigenvalue weighted by molar-refractivity contribution is 5.46. The minimum absolute atomic E-state index is 0.330. The van der Waals surface area contributed by atoms with Crippen molar-refractivity contribution in [2.45, 2.75) is 19.5 Å². The molecule has 0 aliphatic heterocycles. The van der Waals surface area contributed by atoms with E-state index in [9.17, 15) is 0 Å². The summed E-state index contributed by atoms with van der Waals surface area (Å²) in [6, 6.07) is 10.2. The zero-order valence-corrected chi connectivity index (χ0v) is 12.3. The Morgan fingerprint density at radius 3 is 2.80 bits per heavy atom. The molecule has 1 aromatic carbocycles. The van der Waals surface area contributed by atoms with E-state index in [4.69, 9.17) is 10.5 Å². The maximum Gasteiger partial charge on any atom is 0.144 e. The Balaban J connectivity index is 2.29. The first-order chi connectivity index (χ1) is 9.67. The molecule has 5 nitrogen and oxygen atoms in total. The Morgan fingerprint density at radius 2 is 2.10 bits per heavy atom. The van der Waals surface area contributed by atoms with E-state index in [1.165, 1.54) is 0 Å². The van der Waals surface area contributed by atoms with Crippen LogP contribution in [0.2, 0.25) is 0 Å². The fraction of sp³-hybridized carbons (Fsp3) is 0.400. The lowest BCUT2D eigenvalue weighted by atomic mass is 10.2. The highest BCUT2D eigenvalue weighted by Gasteiger charge is 2.13. The monoisotopic (exact) mass is 274 g/mol. The predicted octanol–water partition coefficient (Wildman–Crippen LogP) is 1.66. The number of likely N-dealkylation sites (N-methyl/N-ethyl adjacent to an activating group) is 1. The van der Waals surface area contributed by atoms with E-state index >= 15 is 0 Å². The number of para-hydroxylation sites is 2. The van der Waals surface area contributed by atoms with Crippen LogP contribution in [0.1, 0.15) is 12.6 Å². The third-order valence-electron chi connectivity index (χ3n) is 3.54. The van der Waals surface area contributed by atoms with E-state index in [-0.39, 0.29) is 0 Å². The number of aromatic nitrogens is 2. The summed E-state index contributed by atoms with van der Waals surface area (Å²) < 4.78 is 7.32. The minimum atomic E-state index is 0.330. The van der Waals surface area contributed by atoms with Gasteiger partial charge in [0.25, 0.3) is 0 Å². The molecule has 0 fully saturated rings. The summed E-state index contributed by atoms with van der Waals surface area (Å²) in [5, 5.41) is 4.41. The van der Waals surface area contributed by atoms with E-state index in [2.05, 4.69) is 24.0 Å². The Kier molecular flexibility index (Phi) is 4.76. The molecule has 2 N–H and O–H groups in total. The van der Waals surface area contributed by atoms with Gasteiger partial charge >= 0.3 is 0 Å². The Labute approximate surface area is 119 Å². The van der Waals surface area contributed by atoms with Gasteiger partial charge in [0.05, 0.1) is 12.8 Å². The molecule has 1 aromatic heterocycles. The molecule has 0 aliphatic carbocycles. The van der Waals surface area contributed by atoms with Crippen LogP contribution in [0.5, 0.6) is 5.75 Å². The predicted molar refractivity (Wildman–Crippen MR) is 80.1 cm³/mol. The normalized spacial score (nSPS) is 12.7. The molecule has 5 heteroatoms. The van der Waals surface area contributed by atoms with Gasteiger partial charge in [-0.1, -0.05) is 12.1 Å². The lowest BCUT2D eigenvalue weighted by Gasteiger charge is -2.23. The summed E-state index contributed by atoms with van der Waals surface area (Å²) in [6.45, 7) is 3.54. The number of hydrogen-bond donors (Lipinski definition) is 1. The first-order valence-corrected chi connectivity index (χ1v) is 6.74.